The minimum atomic E-state index is 0.0271. The van der Waals surface area contributed by atoms with Crippen LogP contribution in [0, 0.1) is 0 Å². The summed E-state index contributed by atoms with van der Waals surface area (Å²) in [6, 6.07) is 9.49. The van der Waals surface area contributed by atoms with Crippen molar-refractivity contribution in [3.05, 3.63) is 54.1 Å². The highest BCUT2D eigenvalue weighted by molar-refractivity contribution is 5.97. The smallest absolute Gasteiger partial charge is 0.257 e. The fourth-order valence-corrected chi connectivity index (χ4v) is 3.04. The van der Waals surface area contributed by atoms with E-state index in [0.29, 0.717) is 30.4 Å². The van der Waals surface area contributed by atoms with E-state index in [1.807, 2.05) is 35.2 Å². The molecule has 1 amide bonds. The van der Waals surface area contributed by atoms with Crippen molar-refractivity contribution >= 4 is 5.91 Å². The van der Waals surface area contributed by atoms with Crippen LogP contribution in [0.15, 0.2) is 42.7 Å². The van der Waals surface area contributed by atoms with Crippen molar-refractivity contribution < 1.29 is 9.53 Å². The highest BCUT2D eigenvalue weighted by atomic mass is 16.5. The van der Waals surface area contributed by atoms with Crippen molar-refractivity contribution in [3.8, 4) is 5.75 Å². The molecule has 1 aromatic heterocycles. The van der Waals surface area contributed by atoms with Crippen molar-refractivity contribution in [1.82, 2.24) is 19.8 Å². The summed E-state index contributed by atoms with van der Waals surface area (Å²) in [7, 11) is 3.64. The van der Waals surface area contributed by atoms with Gasteiger partial charge in [-0.25, -0.2) is 9.97 Å². The summed E-state index contributed by atoms with van der Waals surface area (Å²) < 4.78 is 5.30. The average Bonchev–Trinajstić information content (AvgIpc) is 3.12. The van der Waals surface area contributed by atoms with Crippen LogP contribution < -0.4 is 4.74 Å². The number of amides is 1. The fourth-order valence-electron chi connectivity index (χ4n) is 3.04. The van der Waals surface area contributed by atoms with Gasteiger partial charge in [-0.15, -0.1) is 0 Å². The Balaban J connectivity index is 1.63. The maximum atomic E-state index is 12.8. The summed E-state index contributed by atoms with van der Waals surface area (Å²) in [6.07, 6.45) is 4.45. The molecule has 0 radical (unpaired) electrons. The molecule has 1 saturated heterocycles. The number of carbonyl (C=O) groups is 1. The normalized spacial score (nSPS) is 17.3. The Morgan fingerprint density at radius 1 is 1.29 bits per heavy atom. The van der Waals surface area contributed by atoms with E-state index in [9.17, 15) is 4.79 Å². The zero-order valence-corrected chi connectivity index (χ0v) is 14.1. The molecule has 1 fully saturated rings. The molecule has 1 aliphatic rings. The molecule has 1 aliphatic heterocycles. The standard InChI is InChI=1S/C18H22N4O2/c1-21(13-17-19-9-5-10-20-17)14-8-11-22(12-14)18(23)15-6-3-4-7-16(15)24-2/h3-7,9-10,14H,8,11-13H2,1-2H3. The number of hydrogen-bond donors (Lipinski definition) is 0. The Kier molecular flexibility index (Phi) is 5.05. The van der Waals surface area contributed by atoms with Crippen molar-refractivity contribution in [2.75, 3.05) is 27.2 Å². The number of methoxy groups -OCH3 is 1. The van der Waals surface area contributed by atoms with Gasteiger partial charge in [-0.2, -0.15) is 0 Å². The molecule has 126 valence electrons. The van der Waals surface area contributed by atoms with Crippen LogP contribution in [-0.2, 0) is 6.54 Å². The van der Waals surface area contributed by atoms with E-state index in [-0.39, 0.29) is 5.91 Å². The Morgan fingerprint density at radius 3 is 2.79 bits per heavy atom. The monoisotopic (exact) mass is 326 g/mol. The highest BCUT2D eigenvalue weighted by Crippen LogP contribution is 2.23. The molecule has 0 N–H and O–H groups in total. The van der Waals surface area contributed by atoms with E-state index in [2.05, 4.69) is 21.9 Å². The third-order valence-corrected chi connectivity index (χ3v) is 4.42. The number of ether oxygens (including phenoxy) is 1. The van der Waals surface area contributed by atoms with Crippen LogP contribution in [0.25, 0.3) is 0 Å². The van der Waals surface area contributed by atoms with E-state index in [0.717, 1.165) is 18.8 Å². The molecule has 1 atom stereocenters. The minimum absolute atomic E-state index is 0.0271. The number of nitrogens with zero attached hydrogens (tertiary/aromatic N) is 4. The van der Waals surface area contributed by atoms with Crippen LogP contribution in [0.4, 0.5) is 0 Å². The number of likely N-dealkylation sites (N-methyl/N-ethyl adjacent to an activating group) is 1. The third kappa shape index (κ3) is 3.54. The quantitative estimate of drug-likeness (QED) is 0.839. The summed E-state index contributed by atoms with van der Waals surface area (Å²) in [6.45, 7) is 2.14. The molecule has 0 bridgehead atoms. The molecule has 3 rings (SSSR count). The Hall–Kier alpha value is -2.47. The number of hydrogen-bond acceptors (Lipinski definition) is 5. The van der Waals surface area contributed by atoms with Crippen LogP contribution in [0.3, 0.4) is 0 Å². The molecule has 1 aromatic carbocycles. The number of para-hydroxylation sites is 1. The predicted octanol–water partition coefficient (Wildman–Crippen LogP) is 1.83. The molecule has 2 heterocycles. The second kappa shape index (κ2) is 7.40. The third-order valence-electron chi connectivity index (χ3n) is 4.42. The van der Waals surface area contributed by atoms with Gasteiger partial charge < -0.3 is 9.64 Å². The predicted molar refractivity (Wildman–Crippen MR) is 90.8 cm³/mol. The van der Waals surface area contributed by atoms with Crippen molar-refractivity contribution in [2.45, 2.75) is 19.0 Å². The summed E-state index contributed by atoms with van der Waals surface area (Å²) in [4.78, 5) is 25.4. The first-order valence-electron chi connectivity index (χ1n) is 8.07. The largest absolute Gasteiger partial charge is 0.496 e. The van der Waals surface area contributed by atoms with Gasteiger partial charge in [0.05, 0.1) is 19.2 Å². The maximum Gasteiger partial charge on any atom is 0.257 e. The van der Waals surface area contributed by atoms with Crippen molar-refractivity contribution in [3.63, 3.8) is 0 Å². The maximum absolute atomic E-state index is 12.8. The molecule has 2 aromatic rings. The Morgan fingerprint density at radius 2 is 2.04 bits per heavy atom. The minimum Gasteiger partial charge on any atom is -0.496 e. The lowest BCUT2D eigenvalue weighted by atomic mass is 10.2. The van der Waals surface area contributed by atoms with Crippen LogP contribution in [0.1, 0.15) is 22.6 Å². The van der Waals surface area contributed by atoms with Gasteiger partial charge in [0, 0.05) is 31.5 Å². The summed E-state index contributed by atoms with van der Waals surface area (Å²) >= 11 is 0. The van der Waals surface area contributed by atoms with E-state index >= 15 is 0 Å². The second-order valence-corrected chi connectivity index (χ2v) is 5.97. The topological polar surface area (TPSA) is 58.6 Å². The zero-order valence-electron chi connectivity index (χ0n) is 14.1. The summed E-state index contributed by atoms with van der Waals surface area (Å²) in [5.41, 5.74) is 0.620. The van der Waals surface area contributed by atoms with E-state index in [4.69, 9.17) is 4.74 Å². The molecule has 1 unspecified atom stereocenters. The Labute approximate surface area is 142 Å². The molecular formula is C18H22N4O2. The van der Waals surface area contributed by atoms with Crippen LogP contribution in [-0.4, -0.2) is 59.0 Å². The molecule has 0 aliphatic carbocycles. The molecule has 24 heavy (non-hydrogen) atoms. The zero-order chi connectivity index (χ0) is 16.9. The molecule has 6 nitrogen and oxygen atoms in total. The van der Waals surface area contributed by atoms with E-state index < -0.39 is 0 Å². The van der Waals surface area contributed by atoms with Gasteiger partial charge >= 0.3 is 0 Å². The number of aromatic nitrogens is 2. The van der Waals surface area contributed by atoms with Crippen LogP contribution >= 0.6 is 0 Å². The number of benzene rings is 1. The second-order valence-electron chi connectivity index (χ2n) is 5.97. The SMILES string of the molecule is COc1ccccc1C(=O)N1CCC(N(C)Cc2ncccn2)C1. The van der Waals surface area contributed by atoms with E-state index in [1.54, 1.807) is 19.5 Å². The van der Waals surface area contributed by atoms with Gasteiger partial charge in [0.1, 0.15) is 11.6 Å². The van der Waals surface area contributed by atoms with Gasteiger partial charge in [-0.1, -0.05) is 12.1 Å². The lowest BCUT2D eigenvalue weighted by Gasteiger charge is -2.24. The van der Waals surface area contributed by atoms with E-state index in [1.165, 1.54) is 0 Å². The van der Waals surface area contributed by atoms with Gasteiger partial charge in [0.15, 0.2) is 0 Å². The fraction of sp³-hybridized carbons (Fsp3) is 0.389. The first-order chi connectivity index (χ1) is 11.7. The molecule has 6 heteroatoms. The average molecular weight is 326 g/mol. The first-order valence-corrected chi connectivity index (χ1v) is 8.07. The van der Waals surface area contributed by atoms with Gasteiger partial charge in [-0.05, 0) is 31.7 Å². The lowest BCUT2D eigenvalue weighted by Crippen LogP contribution is -2.36. The number of likely N-dealkylation sites (tertiary alicyclic amines) is 1. The van der Waals surface area contributed by atoms with Crippen molar-refractivity contribution in [2.24, 2.45) is 0 Å². The Bertz CT molecular complexity index is 692. The van der Waals surface area contributed by atoms with Gasteiger partial charge in [-0.3, -0.25) is 9.69 Å². The van der Waals surface area contributed by atoms with Crippen molar-refractivity contribution in [1.29, 1.82) is 0 Å². The highest BCUT2D eigenvalue weighted by Gasteiger charge is 2.30. The molecule has 0 saturated carbocycles. The van der Waals surface area contributed by atoms with Crippen LogP contribution in [0.5, 0.6) is 5.75 Å². The van der Waals surface area contributed by atoms with Gasteiger partial charge in [0.2, 0.25) is 0 Å². The molecule has 0 spiro atoms. The summed E-state index contributed by atoms with van der Waals surface area (Å²) in [5.74, 6) is 1.45. The van der Waals surface area contributed by atoms with Crippen LogP contribution in [0.2, 0.25) is 0 Å². The number of rotatable bonds is 5. The lowest BCUT2D eigenvalue weighted by molar-refractivity contribution is 0.0776. The van der Waals surface area contributed by atoms with Gasteiger partial charge in [0.25, 0.3) is 5.91 Å². The molecular weight excluding hydrogens is 304 g/mol. The summed E-state index contributed by atoms with van der Waals surface area (Å²) in [5, 5.41) is 0. The first kappa shape index (κ1) is 16.4. The number of carbonyl (C=O) groups excluding carboxylic acids is 1.